The van der Waals surface area contributed by atoms with E-state index in [9.17, 15) is 0 Å². The van der Waals surface area contributed by atoms with Gasteiger partial charge in [-0.3, -0.25) is 4.57 Å². The largest absolute Gasteiger partial charge is 0.456 e. The molecule has 5 nitrogen and oxygen atoms in total. The summed E-state index contributed by atoms with van der Waals surface area (Å²) in [5, 5.41) is 15.2. The summed E-state index contributed by atoms with van der Waals surface area (Å²) in [7, 11) is 0. The van der Waals surface area contributed by atoms with Crippen LogP contribution in [0.1, 0.15) is 0 Å². The number of para-hydroxylation sites is 2. The molecule has 0 aliphatic carbocycles. The lowest BCUT2D eigenvalue weighted by molar-refractivity contribution is 0.653. The second-order valence-corrected chi connectivity index (χ2v) is 14.5. The van der Waals surface area contributed by atoms with E-state index < -0.39 is 0 Å². The molecule has 13 rings (SSSR count). The highest BCUT2D eigenvalue weighted by atomic mass is 16.3. The van der Waals surface area contributed by atoms with Gasteiger partial charge in [0.25, 0.3) is 0 Å². The molecular weight excluding hydrogens is 675 g/mol. The number of hydrogen-bond acceptors (Lipinski definition) is 4. The first kappa shape index (κ1) is 29.0. The van der Waals surface area contributed by atoms with Crippen molar-refractivity contribution in [1.29, 1.82) is 0 Å². The molecule has 0 saturated carbocycles. The van der Waals surface area contributed by atoms with E-state index in [1.807, 2.05) is 36.4 Å². The zero-order valence-corrected chi connectivity index (χ0v) is 29.2. The molecule has 254 valence electrons. The summed E-state index contributed by atoms with van der Waals surface area (Å²) in [6.07, 6.45) is 0. The highest BCUT2D eigenvalue weighted by molar-refractivity contribution is 6.36. The number of nitrogens with zero attached hydrogens (tertiary/aromatic N) is 3. The summed E-state index contributed by atoms with van der Waals surface area (Å²) in [5.74, 6) is 0.731. The fourth-order valence-corrected chi connectivity index (χ4v) is 9.15. The standard InChI is InChI=1S/C50H27N3O2/c1-2-12-29-26-41-39(25-28(29)11-1)46-40(24-23-37-33-15-4-3-13-31(33)32-14-5-6-17-36(32)45(37)46)53(41)49-47(52-50-48(51-49)38-18-8-10-20-43(38)55-50)30-21-22-35-34-16-7-9-19-42(34)54-44(35)27-30/h1-27H. The van der Waals surface area contributed by atoms with E-state index in [1.54, 1.807) is 0 Å². The summed E-state index contributed by atoms with van der Waals surface area (Å²) in [6.45, 7) is 0. The summed E-state index contributed by atoms with van der Waals surface area (Å²) in [6, 6.07) is 58.0. The average molecular weight is 702 g/mol. The number of aromatic nitrogens is 3. The Balaban J connectivity index is 1.24. The Bertz CT molecular complexity index is 3760. The summed E-state index contributed by atoms with van der Waals surface area (Å²) in [4.78, 5) is 10.9. The fourth-order valence-electron chi connectivity index (χ4n) is 9.15. The molecular formula is C50H27N3O2. The molecule has 0 atom stereocenters. The van der Waals surface area contributed by atoms with Crippen LogP contribution in [0.25, 0.3) is 126 Å². The zero-order chi connectivity index (χ0) is 35.8. The molecule has 9 aromatic carbocycles. The first-order chi connectivity index (χ1) is 27.3. The Morgan fingerprint density at radius 3 is 1.75 bits per heavy atom. The van der Waals surface area contributed by atoms with E-state index in [1.165, 1.54) is 43.1 Å². The van der Waals surface area contributed by atoms with E-state index in [2.05, 4.69) is 132 Å². The fraction of sp³-hybridized carbons (Fsp3) is 0. The third-order valence-corrected chi connectivity index (χ3v) is 11.6. The Hall–Kier alpha value is -7.50. The highest BCUT2D eigenvalue weighted by Crippen LogP contribution is 2.45. The smallest absolute Gasteiger partial charge is 0.247 e. The van der Waals surface area contributed by atoms with Crippen LogP contribution in [0.2, 0.25) is 0 Å². The SMILES string of the molecule is c1ccc2cc3c(cc2c1)c1c2c4ccccc4c4ccccc4c2ccc1n3-c1nc2c(nc1-c1ccc3c(c1)oc1ccccc13)oc1ccccc12. The Kier molecular flexibility index (Phi) is 5.57. The third-order valence-electron chi connectivity index (χ3n) is 11.6. The maximum absolute atomic E-state index is 6.42. The van der Waals surface area contributed by atoms with Gasteiger partial charge < -0.3 is 8.83 Å². The van der Waals surface area contributed by atoms with Gasteiger partial charge in [-0.25, -0.2) is 9.97 Å². The summed E-state index contributed by atoms with van der Waals surface area (Å²) in [5.41, 5.74) is 7.37. The van der Waals surface area contributed by atoms with Crippen LogP contribution in [0.3, 0.4) is 0 Å². The van der Waals surface area contributed by atoms with Crippen LogP contribution in [0.15, 0.2) is 173 Å². The topological polar surface area (TPSA) is 57.0 Å². The lowest BCUT2D eigenvalue weighted by atomic mass is 9.91. The van der Waals surface area contributed by atoms with Crippen LogP contribution >= 0.6 is 0 Å². The van der Waals surface area contributed by atoms with Gasteiger partial charge in [0.05, 0.1) is 11.0 Å². The van der Waals surface area contributed by atoms with E-state index in [0.717, 1.165) is 71.6 Å². The molecule has 0 bridgehead atoms. The van der Waals surface area contributed by atoms with Gasteiger partial charge >= 0.3 is 0 Å². The average Bonchev–Trinajstić information content (AvgIpc) is 3.90. The number of rotatable bonds is 2. The zero-order valence-electron chi connectivity index (χ0n) is 29.2. The summed E-state index contributed by atoms with van der Waals surface area (Å²) >= 11 is 0. The summed E-state index contributed by atoms with van der Waals surface area (Å²) < 4.78 is 15.1. The second-order valence-electron chi connectivity index (χ2n) is 14.5. The number of fused-ring (bicyclic) bond motifs is 17. The van der Waals surface area contributed by atoms with Crippen LogP contribution in [0.5, 0.6) is 0 Å². The number of hydrogen-bond donors (Lipinski definition) is 0. The molecule has 4 heterocycles. The lowest BCUT2D eigenvalue weighted by Crippen LogP contribution is -2.03. The minimum absolute atomic E-state index is 0.499. The van der Waals surface area contributed by atoms with Crippen molar-refractivity contribution < 1.29 is 8.83 Å². The maximum Gasteiger partial charge on any atom is 0.247 e. The second kappa shape index (κ2) is 10.6. The molecule has 0 amide bonds. The monoisotopic (exact) mass is 701 g/mol. The number of furan rings is 2. The molecule has 0 unspecified atom stereocenters. The van der Waals surface area contributed by atoms with Gasteiger partial charge in [0.1, 0.15) is 28.0 Å². The molecule has 0 aliphatic rings. The van der Waals surface area contributed by atoms with Crippen molar-refractivity contribution in [2.45, 2.75) is 0 Å². The van der Waals surface area contributed by atoms with E-state index in [0.29, 0.717) is 11.4 Å². The molecule has 0 fully saturated rings. The Morgan fingerprint density at radius 1 is 0.382 bits per heavy atom. The molecule has 5 heteroatoms. The minimum Gasteiger partial charge on any atom is -0.456 e. The van der Waals surface area contributed by atoms with Crippen LogP contribution in [-0.4, -0.2) is 14.5 Å². The van der Waals surface area contributed by atoms with Crippen LogP contribution < -0.4 is 0 Å². The Morgan fingerprint density at radius 2 is 0.964 bits per heavy atom. The van der Waals surface area contributed by atoms with Crippen molar-refractivity contribution in [2.24, 2.45) is 0 Å². The van der Waals surface area contributed by atoms with E-state index >= 15 is 0 Å². The quantitative estimate of drug-likeness (QED) is 0.168. The van der Waals surface area contributed by atoms with Gasteiger partial charge in [0.2, 0.25) is 5.71 Å². The van der Waals surface area contributed by atoms with Gasteiger partial charge in [-0.1, -0.05) is 115 Å². The normalized spacial score (nSPS) is 12.4. The molecule has 0 saturated heterocycles. The molecule has 13 aromatic rings. The highest BCUT2D eigenvalue weighted by Gasteiger charge is 2.25. The van der Waals surface area contributed by atoms with Crippen molar-refractivity contribution in [3.8, 4) is 17.1 Å². The van der Waals surface area contributed by atoms with Crippen LogP contribution in [0, 0.1) is 0 Å². The predicted molar refractivity (Wildman–Crippen MR) is 226 cm³/mol. The molecule has 0 N–H and O–H groups in total. The number of benzene rings is 9. The maximum atomic E-state index is 6.42. The molecule has 0 aliphatic heterocycles. The van der Waals surface area contributed by atoms with Crippen LogP contribution in [-0.2, 0) is 0 Å². The van der Waals surface area contributed by atoms with Gasteiger partial charge in [-0.2, -0.15) is 0 Å². The van der Waals surface area contributed by atoms with Gasteiger partial charge in [0.15, 0.2) is 5.82 Å². The van der Waals surface area contributed by atoms with E-state index in [-0.39, 0.29) is 0 Å². The van der Waals surface area contributed by atoms with Crippen molar-refractivity contribution in [1.82, 2.24) is 14.5 Å². The minimum atomic E-state index is 0.499. The van der Waals surface area contributed by atoms with Crippen LogP contribution in [0.4, 0.5) is 0 Å². The molecule has 4 aromatic heterocycles. The lowest BCUT2D eigenvalue weighted by Gasteiger charge is -2.14. The van der Waals surface area contributed by atoms with Crippen molar-refractivity contribution >= 4 is 109 Å². The molecule has 55 heavy (non-hydrogen) atoms. The van der Waals surface area contributed by atoms with Gasteiger partial charge in [0, 0.05) is 37.9 Å². The van der Waals surface area contributed by atoms with Gasteiger partial charge in [-0.05, 0) is 86.2 Å². The molecule has 0 spiro atoms. The first-order valence-corrected chi connectivity index (χ1v) is 18.6. The third kappa shape index (κ3) is 3.91. The van der Waals surface area contributed by atoms with E-state index in [4.69, 9.17) is 18.8 Å². The predicted octanol–water partition coefficient (Wildman–Crippen LogP) is 13.7. The first-order valence-electron chi connectivity index (χ1n) is 18.6. The van der Waals surface area contributed by atoms with Crippen molar-refractivity contribution in [2.75, 3.05) is 0 Å². The van der Waals surface area contributed by atoms with Crippen molar-refractivity contribution in [3.05, 3.63) is 164 Å². The van der Waals surface area contributed by atoms with Gasteiger partial charge in [-0.15, -0.1) is 0 Å². The Labute approximate surface area is 312 Å². The van der Waals surface area contributed by atoms with Crippen molar-refractivity contribution in [3.63, 3.8) is 0 Å². The molecule has 0 radical (unpaired) electrons.